The Bertz CT molecular complexity index is 1340. The average Bonchev–Trinajstić information content (AvgIpc) is 2.97. The zero-order valence-corrected chi connectivity index (χ0v) is 22.6. The number of aromatic nitrogens is 3. The van der Waals surface area contributed by atoms with Crippen LogP contribution < -0.4 is 15.5 Å². The van der Waals surface area contributed by atoms with E-state index in [1.54, 1.807) is 24.5 Å². The number of thioether (sulfide) groups is 1. The number of nitrogens with zero attached hydrogens (tertiary/aromatic N) is 4. The second-order valence-electron chi connectivity index (χ2n) is 9.23. The number of alkyl halides is 3. The van der Waals surface area contributed by atoms with Crippen LogP contribution in [0.25, 0.3) is 17.3 Å². The maximum absolute atomic E-state index is 12.9. The van der Waals surface area contributed by atoms with E-state index in [1.807, 2.05) is 12.1 Å². The van der Waals surface area contributed by atoms with Crippen LogP contribution >= 0.6 is 11.8 Å². The number of amides is 1. The van der Waals surface area contributed by atoms with Crippen LogP contribution in [0.5, 0.6) is 0 Å². The predicted octanol–water partition coefficient (Wildman–Crippen LogP) is 4.57. The third kappa shape index (κ3) is 7.66. The summed E-state index contributed by atoms with van der Waals surface area (Å²) in [7, 11) is 1.50. The van der Waals surface area contributed by atoms with E-state index in [4.69, 9.17) is 0 Å². The summed E-state index contributed by atoms with van der Waals surface area (Å²) in [5.74, 6) is 0.654. The second-order valence-corrected chi connectivity index (χ2v) is 10.1. The number of anilines is 1. The largest absolute Gasteiger partial charge is 0.416 e. The van der Waals surface area contributed by atoms with Gasteiger partial charge < -0.3 is 15.5 Å². The molecule has 1 aliphatic rings. The molecule has 3 aromatic rings. The van der Waals surface area contributed by atoms with Crippen molar-refractivity contribution in [3.8, 4) is 11.3 Å². The van der Waals surface area contributed by atoms with Crippen molar-refractivity contribution in [1.29, 1.82) is 0 Å². The van der Waals surface area contributed by atoms with Gasteiger partial charge >= 0.3 is 6.18 Å². The van der Waals surface area contributed by atoms with Crippen LogP contribution in [-0.4, -0.2) is 53.2 Å². The summed E-state index contributed by atoms with van der Waals surface area (Å²) in [6.45, 7) is 2.88. The molecule has 3 heterocycles. The lowest BCUT2D eigenvalue weighted by Gasteiger charge is -2.32. The molecule has 0 radical (unpaired) electrons. The fourth-order valence-corrected chi connectivity index (χ4v) is 4.96. The minimum Gasteiger partial charge on any atom is -0.355 e. The molecule has 8 nitrogen and oxygen atoms in total. The Morgan fingerprint density at radius 2 is 1.85 bits per heavy atom. The first-order chi connectivity index (χ1) is 19.3. The van der Waals surface area contributed by atoms with Crippen molar-refractivity contribution >= 4 is 35.3 Å². The maximum atomic E-state index is 12.9. The quantitative estimate of drug-likeness (QED) is 0.270. The average molecular weight is 571 g/mol. The van der Waals surface area contributed by atoms with Crippen LogP contribution in [0.1, 0.15) is 29.7 Å². The number of carbonyl (C=O) groups excluding carboxylic acids is 2. The van der Waals surface area contributed by atoms with Crippen molar-refractivity contribution < 1.29 is 22.8 Å². The molecule has 1 aliphatic heterocycles. The van der Waals surface area contributed by atoms with Gasteiger partial charge in [0.05, 0.1) is 21.9 Å². The lowest BCUT2D eigenvalue weighted by molar-refractivity contribution is -0.137. The maximum Gasteiger partial charge on any atom is 0.416 e. The Balaban J connectivity index is 1.31. The molecule has 12 heteroatoms. The van der Waals surface area contributed by atoms with E-state index in [0.29, 0.717) is 41.0 Å². The van der Waals surface area contributed by atoms with Gasteiger partial charge in [-0.1, -0.05) is 18.2 Å². The summed E-state index contributed by atoms with van der Waals surface area (Å²) < 4.78 is 38.8. The van der Waals surface area contributed by atoms with Gasteiger partial charge in [-0.2, -0.15) is 13.2 Å². The zero-order chi connectivity index (χ0) is 28.5. The minimum absolute atomic E-state index is 0.252. The highest BCUT2D eigenvalue weighted by Gasteiger charge is 2.30. The van der Waals surface area contributed by atoms with Gasteiger partial charge in [0, 0.05) is 44.6 Å². The molecule has 4 rings (SSSR count). The molecule has 0 spiro atoms. The molecule has 0 aliphatic carbocycles. The number of hydrogen-bond acceptors (Lipinski definition) is 8. The molecule has 1 fully saturated rings. The Morgan fingerprint density at radius 3 is 2.52 bits per heavy atom. The molecular weight excluding hydrogens is 541 g/mol. The highest BCUT2D eigenvalue weighted by Crippen LogP contribution is 2.31. The van der Waals surface area contributed by atoms with E-state index in [1.165, 1.54) is 19.2 Å². The van der Waals surface area contributed by atoms with Crippen LogP contribution in [0.15, 0.2) is 59.8 Å². The molecule has 0 saturated carbocycles. The summed E-state index contributed by atoms with van der Waals surface area (Å²) in [6.07, 6.45) is 2.33. The van der Waals surface area contributed by atoms with Crippen LogP contribution in [0, 0.1) is 5.92 Å². The number of pyridine rings is 1. The highest BCUT2D eigenvalue weighted by molar-refractivity contribution is 8.16. The molecule has 1 saturated heterocycles. The SMILES string of the molecule is CNC(=O)/C(=C/c1ccnc(N2CCC(CNCc3cccnc3-c3ccc(C(F)(F)F)cc3)CC2)n1)SC=O. The number of likely N-dealkylation sites (N-methyl/N-ethyl adjacent to an activating group) is 1. The number of benzene rings is 1. The summed E-state index contributed by atoms with van der Waals surface area (Å²) in [4.78, 5) is 38.6. The van der Waals surface area contributed by atoms with E-state index in [2.05, 4.69) is 30.5 Å². The van der Waals surface area contributed by atoms with Gasteiger partial charge in [-0.05, 0) is 73.0 Å². The van der Waals surface area contributed by atoms with Crippen LogP contribution in [0.2, 0.25) is 0 Å². The molecule has 0 atom stereocenters. The third-order valence-corrected chi connectivity index (χ3v) is 7.25. The zero-order valence-electron chi connectivity index (χ0n) is 21.8. The fraction of sp³-hybridized carbons (Fsp3) is 0.321. The van der Waals surface area contributed by atoms with Gasteiger partial charge in [-0.15, -0.1) is 0 Å². The lowest BCUT2D eigenvalue weighted by atomic mass is 9.96. The minimum atomic E-state index is -4.37. The Labute approximate surface area is 234 Å². The van der Waals surface area contributed by atoms with Crippen molar-refractivity contribution in [2.45, 2.75) is 25.6 Å². The van der Waals surface area contributed by atoms with E-state index in [9.17, 15) is 22.8 Å². The van der Waals surface area contributed by atoms with Crippen LogP contribution in [0.3, 0.4) is 0 Å². The van der Waals surface area contributed by atoms with E-state index in [-0.39, 0.29) is 10.8 Å². The second kappa shape index (κ2) is 13.5. The predicted molar refractivity (Wildman–Crippen MR) is 150 cm³/mol. The first-order valence-electron chi connectivity index (χ1n) is 12.7. The third-order valence-electron chi connectivity index (χ3n) is 6.59. The number of rotatable bonds is 10. The summed E-state index contributed by atoms with van der Waals surface area (Å²) >= 11 is 0.795. The number of carbonyl (C=O) groups is 2. The van der Waals surface area contributed by atoms with E-state index < -0.39 is 11.7 Å². The summed E-state index contributed by atoms with van der Waals surface area (Å²) in [5.41, 5.74) is 2.69. The highest BCUT2D eigenvalue weighted by atomic mass is 32.2. The summed E-state index contributed by atoms with van der Waals surface area (Å²) in [5, 5.41) is 6.00. The number of halogens is 3. The molecule has 40 heavy (non-hydrogen) atoms. The molecule has 210 valence electrons. The Hall–Kier alpha value is -3.77. The molecule has 0 unspecified atom stereocenters. The van der Waals surface area contributed by atoms with Crippen LogP contribution in [0.4, 0.5) is 19.1 Å². The fourth-order valence-electron chi connectivity index (χ4n) is 4.46. The van der Waals surface area contributed by atoms with Crippen molar-refractivity contribution in [2.24, 2.45) is 5.92 Å². The molecule has 2 aromatic heterocycles. The Morgan fingerprint density at radius 1 is 1.10 bits per heavy atom. The van der Waals surface area contributed by atoms with Gasteiger partial charge in [-0.3, -0.25) is 14.6 Å². The van der Waals surface area contributed by atoms with Gasteiger partial charge in [0.1, 0.15) is 0 Å². The van der Waals surface area contributed by atoms with E-state index in [0.717, 1.165) is 61.9 Å². The Kier molecular flexibility index (Phi) is 9.88. The van der Waals surface area contributed by atoms with Crippen molar-refractivity contribution in [1.82, 2.24) is 25.6 Å². The van der Waals surface area contributed by atoms with Crippen LogP contribution in [-0.2, 0) is 22.3 Å². The molecule has 2 N–H and O–H groups in total. The molecular formula is C28H29F3N6O2S. The van der Waals surface area contributed by atoms with Crippen molar-refractivity contribution in [3.63, 3.8) is 0 Å². The smallest absolute Gasteiger partial charge is 0.355 e. The number of piperidine rings is 1. The van der Waals surface area contributed by atoms with Crippen molar-refractivity contribution in [3.05, 3.63) is 76.6 Å². The van der Waals surface area contributed by atoms with Gasteiger partial charge in [0.15, 0.2) is 5.62 Å². The topological polar surface area (TPSA) is 100 Å². The first kappa shape index (κ1) is 29.2. The monoisotopic (exact) mass is 570 g/mol. The van der Waals surface area contributed by atoms with E-state index >= 15 is 0 Å². The number of nitrogens with one attached hydrogen (secondary N) is 2. The number of hydrogen-bond donors (Lipinski definition) is 2. The van der Waals surface area contributed by atoms with Gasteiger partial charge in [0.25, 0.3) is 5.91 Å². The summed E-state index contributed by atoms with van der Waals surface area (Å²) in [6, 6.07) is 10.5. The normalized spacial score (nSPS) is 14.7. The van der Waals surface area contributed by atoms with Gasteiger partial charge in [0.2, 0.25) is 5.95 Å². The lowest BCUT2D eigenvalue weighted by Crippen LogP contribution is -2.38. The molecule has 1 amide bonds. The molecule has 0 bridgehead atoms. The van der Waals surface area contributed by atoms with Gasteiger partial charge in [-0.25, -0.2) is 9.97 Å². The first-order valence-corrected chi connectivity index (χ1v) is 13.6. The molecule has 1 aromatic carbocycles. The standard InChI is InChI=1S/C28H29F3N6O2S/c1-32-26(39)24(40-18-38)15-23-8-12-35-27(36-23)37-13-9-19(10-14-37)16-33-17-21-3-2-11-34-25(21)20-4-6-22(7-5-20)28(29,30)31/h2-8,11-12,15,18-19,33H,9-10,13-14,16-17H2,1H3,(H,32,39)/b24-15-. The van der Waals surface area contributed by atoms with Crippen molar-refractivity contribution in [2.75, 3.05) is 31.6 Å².